The van der Waals surface area contributed by atoms with Gasteiger partial charge in [-0.25, -0.2) is 0 Å². The molecule has 0 aromatic carbocycles. The second-order valence-electron chi connectivity index (χ2n) is 16.9. The first-order valence-corrected chi connectivity index (χ1v) is 23.8. The summed E-state index contributed by atoms with van der Waals surface area (Å²) in [6, 6.07) is 0. The van der Waals surface area contributed by atoms with E-state index in [-0.39, 0.29) is 5.97 Å². The highest BCUT2D eigenvalue weighted by Gasteiger charge is 2.03. The third kappa shape index (κ3) is 45.5. The number of hydrogen-bond acceptors (Lipinski definition) is 2. The SMILES string of the molecule is CCCCCCCCCCCC(=O)OCCCCCCCCCCCCCCCCCCCCCCCCCCCCCCCCCC(C)C. The van der Waals surface area contributed by atoms with Crippen molar-refractivity contribution in [3.8, 4) is 0 Å². The van der Waals surface area contributed by atoms with Crippen LogP contribution in [0.4, 0.5) is 0 Å². The lowest BCUT2D eigenvalue weighted by atomic mass is 10.0. The first kappa shape index (κ1) is 49.5. The third-order valence-electron chi connectivity index (χ3n) is 11.2. The van der Waals surface area contributed by atoms with Gasteiger partial charge in [0.2, 0.25) is 0 Å². The van der Waals surface area contributed by atoms with Crippen LogP contribution in [0.2, 0.25) is 0 Å². The summed E-state index contributed by atoms with van der Waals surface area (Å²) in [5.41, 5.74) is 0. The number of hydrogen-bond donors (Lipinski definition) is 0. The summed E-state index contributed by atoms with van der Waals surface area (Å²) in [6.07, 6.45) is 58.1. The molecule has 2 heteroatoms. The fourth-order valence-corrected chi connectivity index (χ4v) is 7.62. The van der Waals surface area contributed by atoms with Crippen LogP contribution in [0.25, 0.3) is 0 Å². The molecule has 50 heavy (non-hydrogen) atoms. The van der Waals surface area contributed by atoms with E-state index in [0.717, 1.165) is 18.8 Å². The zero-order valence-corrected chi connectivity index (χ0v) is 35.3. The Morgan fingerprint density at radius 3 is 0.860 bits per heavy atom. The second-order valence-corrected chi connectivity index (χ2v) is 16.9. The van der Waals surface area contributed by atoms with Crippen LogP contribution in [0, 0.1) is 5.92 Å². The molecule has 0 spiro atoms. The van der Waals surface area contributed by atoms with Crippen LogP contribution in [0.5, 0.6) is 0 Å². The predicted molar refractivity (Wildman–Crippen MR) is 225 cm³/mol. The maximum atomic E-state index is 11.9. The van der Waals surface area contributed by atoms with E-state index in [1.165, 1.54) is 250 Å². The van der Waals surface area contributed by atoms with E-state index >= 15 is 0 Å². The molecule has 2 nitrogen and oxygen atoms in total. The molecule has 0 aromatic rings. The molecule has 0 amide bonds. The summed E-state index contributed by atoms with van der Waals surface area (Å²) in [5, 5.41) is 0. The molecular weight excluding hydrogens is 609 g/mol. The Labute approximate surface area is 317 Å². The lowest BCUT2D eigenvalue weighted by molar-refractivity contribution is -0.143. The molecule has 300 valence electrons. The van der Waals surface area contributed by atoms with Gasteiger partial charge in [-0.1, -0.05) is 271 Å². The molecule has 0 bridgehead atoms. The Balaban J connectivity index is 3.11. The van der Waals surface area contributed by atoms with E-state index in [0.29, 0.717) is 13.0 Å². The summed E-state index contributed by atoms with van der Waals surface area (Å²) in [7, 11) is 0. The van der Waals surface area contributed by atoms with E-state index in [9.17, 15) is 4.79 Å². The minimum atomic E-state index is 0.0266. The molecule has 0 rings (SSSR count). The average molecular weight is 705 g/mol. The van der Waals surface area contributed by atoms with E-state index in [1.807, 2.05) is 0 Å². The highest BCUT2D eigenvalue weighted by Crippen LogP contribution is 2.18. The van der Waals surface area contributed by atoms with Crippen LogP contribution < -0.4 is 0 Å². The van der Waals surface area contributed by atoms with Gasteiger partial charge >= 0.3 is 5.97 Å². The predicted octanol–water partition coefficient (Wildman–Crippen LogP) is 17.6. The van der Waals surface area contributed by atoms with Crippen molar-refractivity contribution in [2.24, 2.45) is 5.92 Å². The maximum Gasteiger partial charge on any atom is 0.305 e. The van der Waals surface area contributed by atoms with E-state index < -0.39 is 0 Å². The van der Waals surface area contributed by atoms with E-state index in [4.69, 9.17) is 4.74 Å². The van der Waals surface area contributed by atoms with Crippen LogP contribution in [-0.4, -0.2) is 12.6 Å². The molecule has 0 unspecified atom stereocenters. The highest BCUT2D eigenvalue weighted by molar-refractivity contribution is 5.69. The first-order chi connectivity index (χ1) is 24.7. The van der Waals surface area contributed by atoms with Gasteiger partial charge in [0.1, 0.15) is 0 Å². The van der Waals surface area contributed by atoms with Crippen molar-refractivity contribution in [1.82, 2.24) is 0 Å². The Morgan fingerprint density at radius 1 is 0.340 bits per heavy atom. The molecule has 0 aliphatic heterocycles. The van der Waals surface area contributed by atoms with E-state index in [1.54, 1.807) is 0 Å². The number of carbonyl (C=O) groups excluding carboxylic acids is 1. The summed E-state index contributed by atoms with van der Waals surface area (Å²) >= 11 is 0. The summed E-state index contributed by atoms with van der Waals surface area (Å²) in [5.74, 6) is 0.916. The topological polar surface area (TPSA) is 26.3 Å². The monoisotopic (exact) mass is 705 g/mol. The second kappa shape index (κ2) is 44.6. The molecule has 0 saturated heterocycles. The summed E-state index contributed by atoms with van der Waals surface area (Å²) in [4.78, 5) is 11.9. The van der Waals surface area contributed by atoms with Crippen LogP contribution >= 0.6 is 0 Å². The lowest BCUT2D eigenvalue weighted by Gasteiger charge is -2.06. The molecule has 0 saturated carbocycles. The Kier molecular flexibility index (Phi) is 44.2. The van der Waals surface area contributed by atoms with Crippen LogP contribution in [0.3, 0.4) is 0 Å². The van der Waals surface area contributed by atoms with Crippen molar-refractivity contribution >= 4 is 5.97 Å². The summed E-state index contributed by atoms with van der Waals surface area (Å²) < 4.78 is 5.44. The normalized spacial score (nSPS) is 11.6. The molecule has 0 heterocycles. The Hall–Kier alpha value is -0.530. The Morgan fingerprint density at radius 2 is 0.580 bits per heavy atom. The zero-order valence-electron chi connectivity index (χ0n) is 35.3. The first-order valence-electron chi connectivity index (χ1n) is 23.8. The average Bonchev–Trinajstić information content (AvgIpc) is 3.11. The Bertz CT molecular complexity index is 613. The fourth-order valence-electron chi connectivity index (χ4n) is 7.62. The zero-order chi connectivity index (χ0) is 36.3. The smallest absolute Gasteiger partial charge is 0.305 e. The number of unbranched alkanes of at least 4 members (excludes halogenated alkanes) is 38. The van der Waals surface area contributed by atoms with Gasteiger partial charge in [0.25, 0.3) is 0 Å². The van der Waals surface area contributed by atoms with Crippen molar-refractivity contribution in [2.45, 2.75) is 290 Å². The van der Waals surface area contributed by atoms with Gasteiger partial charge in [-0.3, -0.25) is 4.79 Å². The van der Waals surface area contributed by atoms with Crippen molar-refractivity contribution in [1.29, 1.82) is 0 Å². The van der Waals surface area contributed by atoms with Crippen molar-refractivity contribution in [3.63, 3.8) is 0 Å². The lowest BCUT2D eigenvalue weighted by Crippen LogP contribution is -2.05. The van der Waals surface area contributed by atoms with Crippen molar-refractivity contribution < 1.29 is 9.53 Å². The standard InChI is InChI=1S/C48H96O2/c1-4-5-6-7-8-32-36-39-42-45-48(49)50-46-43-40-37-34-31-29-27-25-23-21-19-17-15-13-11-9-10-12-14-16-18-20-22-24-26-28-30-33-35-38-41-44-47(2)3/h47H,4-46H2,1-3H3. The molecular formula is C48H96O2. The van der Waals surface area contributed by atoms with Gasteiger partial charge in [0, 0.05) is 6.42 Å². The fraction of sp³-hybridized carbons (Fsp3) is 0.979. The van der Waals surface area contributed by atoms with Gasteiger partial charge in [0.15, 0.2) is 0 Å². The summed E-state index contributed by atoms with van der Waals surface area (Å²) in [6.45, 7) is 7.60. The molecule has 0 aromatic heterocycles. The molecule has 0 N–H and O–H groups in total. The van der Waals surface area contributed by atoms with Gasteiger partial charge < -0.3 is 4.74 Å². The largest absolute Gasteiger partial charge is 0.466 e. The van der Waals surface area contributed by atoms with Gasteiger partial charge in [-0.2, -0.15) is 0 Å². The molecule has 0 radical (unpaired) electrons. The maximum absolute atomic E-state index is 11.9. The number of ether oxygens (including phenoxy) is 1. The van der Waals surface area contributed by atoms with Crippen molar-refractivity contribution in [2.75, 3.05) is 6.61 Å². The van der Waals surface area contributed by atoms with E-state index in [2.05, 4.69) is 20.8 Å². The molecule has 0 fully saturated rings. The molecule has 0 aliphatic carbocycles. The number of esters is 1. The quantitative estimate of drug-likeness (QED) is 0.0466. The minimum Gasteiger partial charge on any atom is -0.466 e. The van der Waals surface area contributed by atoms with Crippen molar-refractivity contribution in [3.05, 3.63) is 0 Å². The third-order valence-corrected chi connectivity index (χ3v) is 11.2. The van der Waals surface area contributed by atoms with Crippen LogP contribution in [0.15, 0.2) is 0 Å². The number of rotatable bonds is 44. The molecule has 0 atom stereocenters. The highest BCUT2D eigenvalue weighted by atomic mass is 16.5. The van der Waals surface area contributed by atoms with Gasteiger partial charge in [0.05, 0.1) is 6.61 Å². The van der Waals surface area contributed by atoms with Gasteiger partial charge in [-0.15, -0.1) is 0 Å². The van der Waals surface area contributed by atoms with Gasteiger partial charge in [-0.05, 0) is 18.8 Å². The number of carbonyl (C=O) groups is 1. The minimum absolute atomic E-state index is 0.0266. The molecule has 0 aliphatic rings. The van der Waals surface area contributed by atoms with Crippen LogP contribution in [-0.2, 0) is 9.53 Å². The van der Waals surface area contributed by atoms with Crippen LogP contribution in [0.1, 0.15) is 290 Å².